The van der Waals surface area contributed by atoms with E-state index < -0.39 is 0 Å². The van der Waals surface area contributed by atoms with Crippen LogP contribution in [0, 0.1) is 5.92 Å². The molecule has 1 fully saturated rings. The van der Waals surface area contributed by atoms with E-state index in [1.54, 1.807) is 0 Å². The van der Waals surface area contributed by atoms with E-state index >= 15 is 0 Å². The van der Waals surface area contributed by atoms with Crippen molar-refractivity contribution in [1.29, 1.82) is 0 Å². The van der Waals surface area contributed by atoms with Crippen molar-refractivity contribution in [3.63, 3.8) is 0 Å². The average molecular weight is 318 g/mol. The van der Waals surface area contributed by atoms with Gasteiger partial charge in [0, 0.05) is 19.6 Å². The highest BCUT2D eigenvalue weighted by Gasteiger charge is 2.23. The topological polar surface area (TPSA) is 55.6 Å². The Kier molecular flexibility index (Phi) is 7.56. The van der Waals surface area contributed by atoms with Gasteiger partial charge < -0.3 is 15.4 Å². The summed E-state index contributed by atoms with van der Waals surface area (Å²) in [5, 5.41) is 0. The summed E-state index contributed by atoms with van der Waals surface area (Å²) in [6.45, 7) is 4.18. The molecule has 2 rings (SSSR count). The molecule has 0 heterocycles. The minimum atomic E-state index is 0.0594. The van der Waals surface area contributed by atoms with Crippen LogP contribution in [0.25, 0.3) is 0 Å². The first-order chi connectivity index (χ1) is 11.2. The zero-order valence-corrected chi connectivity index (χ0v) is 14.2. The van der Waals surface area contributed by atoms with Gasteiger partial charge in [0.25, 0.3) is 0 Å². The standard InChI is InChI=1S/C19H30N2O2/c1-16-7-5-6-10-18(16)23-15-19(22)21(14-12-20)13-11-17-8-3-2-4-9-17/h2-4,8-9,16,18H,5-7,10-15,20H2,1H3. The third-order valence-corrected chi connectivity index (χ3v) is 4.72. The van der Waals surface area contributed by atoms with Crippen molar-refractivity contribution < 1.29 is 9.53 Å². The Labute approximate surface area is 140 Å². The van der Waals surface area contributed by atoms with Gasteiger partial charge in [0.05, 0.1) is 6.10 Å². The lowest BCUT2D eigenvalue weighted by atomic mass is 9.88. The van der Waals surface area contributed by atoms with Gasteiger partial charge in [-0.1, -0.05) is 50.1 Å². The summed E-state index contributed by atoms with van der Waals surface area (Å²) < 4.78 is 5.90. The Morgan fingerprint density at radius 3 is 2.65 bits per heavy atom. The van der Waals surface area contributed by atoms with Crippen LogP contribution in [0.2, 0.25) is 0 Å². The van der Waals surface area contributed by atoms with E-state index in [1.165, 1.54) is 24.8 Å². The number of ether oxygens (including phenoxy) is 1. The number of nitrogens with zero attached hydrogens (tertiary/aromatic N) is 1. The van der Waals surface area contributed by atoms with Gasteiger partial charge in [-0.3, -0.25) is 4.79 Å². The first-order valence-electron chi connectivity index (χ1n) is 8.84. The normalized spacial score (nSPS) is 21.1. The Morgan fingerprint density at radius 2 is 1.96 bits per heavy atom. The van der Waals surface area contributed by atoms with Crippen molar-refractivity contribution in [3.8, 4) is 0 Å². The third-order valence-electron chi connectivity index (χ3n) is 4.72. The minimum Gasteiger partial charge on any atom is -0.368 e. The van der Waals surface area contributed by atoms with E-state index in [0.29, 0.717) is 25.6 Å². The summed E-state index contributed by atoms with van der Waals surface area (Å²) >= 11 is 0. The highest BCUT2D eigenvalue weighted by molar-refractivity contribution is 5.77. The van der Waals surface area contributed by atoms with Crippen molar-refractivity contribution in [2.45, 2.75) is 45.1 Å². The van der Waals surface area contributed by atoms with Gasteiger partial charge in [-0.2, -0.15) is 0 Å². The summed E-state index contributed by atoms with van der Waals surface area (Å²) in [4.78, 5) is 14.3. The van der Waals surface area contributed by atoms with Crippen LogP contribution in [0.4, 0.5) is 0 Å². The first kappa shape index (κ1) is 18.0. The zero-order chi connectivity index (χ0) is 16.5. The second kappa shape index (κ2) is 9.68. The highest BCUT2D eigenvalue weighted by atomic mass is 16.5. The molecule has 1 aliphatic carbocycles. The van der Waals surface area contributed by atoms with Crippen LogP contribution in [0.1, 0.15) is 38.2 Å². The van der Waals surface area contributed by atoms with E-state index in [-0.39, 0.29) is 18.6 Å². The smallest absolute Gasteiger partial charge is 0.248 e. The molecule has 1 aliphatic rings. The number of hydrogen-bond donors (Lipinski definition) is 1. The molecule has 0 aliphatic heterocycles. The SMILES string of the molecule is CC1CCCCC1OCC(=O)N(CCN)CCc1ccccc1. The molecular formula is C19H30N2O2. The van der Waals surface area contributed by atoms with E-state index in [2.05, 4.69) is 19.1 Å². The third kappa shape index (κ3) is 5.96. The van der Waals surface area contributed by atoms with Crippen LogP contribution in [0.15, 0.2) is 30.3 Å². The molecule has 23 heavy (non-hydrogen) atoms. The number of hydrogen-bond acceptors (Lipinski definition) is 3. The second-order valence-corrected chi connectivity index (χ2v) is 6.52. The Bertz CT molecular complexity index is 464. The van der Waals surface area contributed by atoms with Crippen LogP contribution in [0.5, 0.6) is 0 Å². The zero-order valence-electron chi connectivity index (χ0n) is 14.2. The maximum absolute atomic E-state index is 12.4. The molecule has 2 unspecified atom stereocenters. The molecule has 1 saturated carbocycles. The van der Waals surface area contributed by atoms with Crippen LogP contribution in [0.3, 0.4) is 0 Å². The largest absolute Gasteiger partial charge is 0.368 e. The van der Waals surface area contributed by atoms with Gasteiger partial charge in [0.15, 0.2) is 0 Å². The minimum absolute atomic E-state index is 0.0594. The molecule has 0 aromatic heterocycles. The number of nitrogens with two attached hydrogens (primary N) is 1. The number of benzene rings is 1. The fraction of sp³-hybridized carbons (Fsp3) is 0.632. The molecule has 0 spiro atoms. The van der Waals surface area contributed by atoms with E-state index in [9.17, 15) is 4.79 Å². The summed E-state index contributed by atoms with van der Waals surface area (Å²) in [5.41, 5.74) is 6.90. The van der Waals surface area contributed by atoms with E-state index in [0.717, 1.165) is 12.8 Å². The first-order valence-corrected chi connectivity index (χ1v) is 8.84. The second-order valence-electron chi connectivity index (χ2n) is 6.52. The predicted molar refractivity (Wildman–Crippen MR) is 93.2 cm³/mol. The van der Waals surface area contributed by atoms with Crippen molar-refractivity contribution in [1.82, 2.24) is 4.90 Å². The van der Waals surface area contributed by atoms with E-state index in [1.807, 2.05) is 23.1 Å². The fourth-order valence-corrected chi connectivity index (χ4v) is 3.23. The number of carbonyl (C=O) groups excluding carboxylic acids is 1. The van der Waals surface area contributed by atoms with Gasteiger partial charge in [-0.15, -0.1) is 0 Å². The van der Waals surface area contributed by atoms with Gasteiger partial charge >= 0.3 is 0 Å². The van der Waals surface area contributed by atoms with Crippen molar-refractivity contribution in [3.05, 3.63) is 35.9 Å². The summed E-state index contributed by atoms with van der Waals surface area (Å²) in [6.07, 6.45) is 5.87. The van der Waals surface area contributed by atoms with Crippen molar-refractivity contribution >= 4 is 5.91 Å². The lowest BCUT2D eigenvalue weighted by Gasteiger charge is -2.30. The monoisotopic (exact) mass is 318 g/mol. The average Bonchev–Trinajstić information content (AvgIpc) is 2.58. The predicted octanol–water partition coefficient (Wildman–Crippen LogP) is 2.61. The molecule has 0 bridgehead atoms. The molecule has 128 valence electrons. The number of rotatable bonds is 8. The highest BCUT2D eigenvalue weighted by Crippen LogP contribution is 2.26. The molecule has 1 aromatic carbocycles. The summed E-state index contributed by atoms with van der Waals surface area (Å²) in [7, 11) is 0. The lowest BCUT2D eigenvalue weighted by molar-refractivity contribution is -0.140. The fourth-order valence-electron chi connectivity index (χ4n) is 3.23. The van der Waals surface area contributed by atoms with Crippen LogP contribution >= 0.6 is 0 Å². The van der Waals surface area contributed by atoms with Gasteiger partial charge in [-0.25, -0.2) is 0 Å². The van der Waals surface area contributed by atoms with Crippen LogP contribution < -0.4 is 5.73 Å². The van der Waals surface area contributed by atoms with Gasteiger partial charge in [0.2, 0.25) is 5.91 Å². The molecule has 2 N–H and O–H groups in total. The maximum atomic E-state index is 12.4. The lowest BCUT2D eigenvalue weighted by Crippen LogP contribution is -2.40. The molecule has 4 nitrogen and oxygen atoms in total. The van der Waals surface area contributed by atoms with Crippen LogP contribution in [-0.4, -0.2) is 43.2 Å². The van der Waals surface area contributed by atoms with Gasteiger partial charge in [-0.05, 0) is 30.7 Å². The molecule has 1 amide bonds. The molecule has 2 atom stereocenters. The number of amides is 1. The Hall–Kier alpha value is -1.39. The van der Waals surface area contributed by atoms with Crippen molar-refractivity contribution in [2.24, 2.45) is 11.7 Å². The van der Waals surface area contributed by atoms with E-state index in [4.69, 9.17) is 10.5 Å². The molecule has 4 heteroatoms. The summed E-state index contributed by atoms with van der Waals surface area (Å²) in [6, 6.07) is 10.2. The van der Waals surface area contributed by atoms with Crippen molar-refractivity contribution in [2.75, 3.05) is 26.2 Å². The Balaban J connectivity index is 1.80. The molecular weight excluding hydrogens is 288 g/mol. The summed E-state index contributed by atoms with van der Waals surface area (Å²) in [5.74, 6) is 0.619. The molecule has 0 radical (unpaired) electrons. The molecule has 0 saturated heterocycles. The van der Waals surface area contributed by atoms with Crippen LogP contribution in [-0.2, 0) is 16.0 Å². The quantitative estimate of drug-likeness (QED) is 0.801. The van der Waals surface area contributed by atoms with Gasteiger partial charge in [0.1, 0.15) is 6.61 Å². The Morgan fingerprint density at radius 1 is 1.22 bits per heavy atom. The maximum Gasteiger partial charge on any atom is 0.248 e. The number of carbonyl (C=O) groups is 1. The molecule has 1 aromatic rings.